The summed E-state index contributed by atoms with van der Waals surface area (Å²) in [5, 5.41) is 3.22. The Hall–Kier alpha value is -1.58. The molecular formula is C15H23N3O. The normalized spacial score (nSPS) is 15.4. The van der Waals surface area contributed by atoms with Gasteiger partial charge in [-0.15, -0.1) is 0 Å². The van der Waals surface area contributed by atoms with Gasteiger partial charge in [-0.1, -0.05) is 25.5 Å². The fourth-order valence-corrected chi connectivity index (χ4v) is 2.33. The summed E-state index contributed by atoms with van der Waals surface area (Å²) in [6, 6.07) is 1.57. The zero-order valence-electron chi connectivity index (χ0n) is 11.8. The molecule has 1 aliphatic rings. The van der Waals surface area contributed by atoms with Gasteiger partial charge in [0, 0.05) is 12.6 Å². The molecule has 2 rings (SSSR count). The van der Waals surface area contributed by atoms with E-state index in [1.54, 1.807) is 6.07 Å². The molecule has 0 amide bonds. The molecular weight excluding hydrogens is 238 g/mol. The van der Waals surface area contributed by atoms with Crippen molar-refractivity contribution in [2.24, 2.45) is 0 Å². The average Bonchev–Trinajstić information content (AvgIpc) is 2.39. The predicted molar refractivity (Wildman–Crippen MR) is 78.6 cm³/mol. The standard InChI is InChI=1S/C15H23N3O/c1-11(2)13-10-14(19)18-15(17-13)16-9-8-12-6-4-3-5-7-12/h6,10-11H,3-5,7-9H2,1-2H3,(H2,16,17,18,19). The summed E-state index contributed by atoms with van der Waals surface area (Å²) in [6.07, 6.45) is 8.46. The van der Waals surface area contributed by atoms with Gasteiger partial charge in [0.1, 0.15) is 0 Å². The molecule has 0 atom stereocenters. The van der Waals surface area contributed by atoms with Gasteiger partial charge in [0.15, 0.2) is 0 Å². The van der Waals surface area contributed by atoms with Gasteiger partial charge in [0.05, 0.1) is 5.69 Å². The van der Waals surface area contributed by atoms with Crippen molar-refractivity contribution >= 4 is 5.95 Å². The van der Waals surface area contributed by atoms with E-state index < -0.39 is 0 Å². The second kappa shape index (κ2) is 6.55. The molecule has 1 aliphatic carbocycles. The quantitative estimate of drug-likeness (QED) is 0.800. The van der Waals surface area contributed by atoms with Crippen LogP contribution >= 0.6 is 0 Å². The number of H-pyrrole nitrogens is 1. The van der Waals surface area contributed by atoms with Gasteiger partial charge >= 0.3 is 0 Å². The average molecular weight is 261 g/mol. The smallest absolute Gasteiger partial charge is 0.252 e. The molecule has 0 spiro atoms. The molecule has 1 aromatic heterocycles. The summed E-state index contributed by atoms with van der Waals surface area (Å²) in [6.45, 7) is 4.91. The molecule has 0 unspecified atom stereocenters. The SMILES string of the molecule is CC(C)c1cc(=O)[nH]c(NCCC2=CCCCC2)n1. The van der Waals surface area contributed by atoms with Crippen LogP contribution in [0.5, 0.6) is 0 Å². The molecule has 0 saturated carbocycles. The molecule has 0 radical (unpaired) electrons. The Kier molecular flexibility index (Phi) is 4.77. The van der Waals surface area contributed by atoms with Crippen molar-refractivity contribution in [3.63, 3.8) is 0 Å². The number of allylic oxidation sites excluding steroid dienone is 1. The van der Waals surface area contributed by atoms with Crippen molar-refractivity contribution in [1.29, 1.82) is 0 Å². The Morgan fingerprint density at radius 2 is 2.26 bits per heavy atom. The first kappa shape index (κ1) is 13.8. The van der Waals surface area contributed by atoms with Crippen molar-refractivity contribution in [2.75, 3.05) is 11.9 Å². The summed E-state index contributed by atoms with van der Waals surface area (Å²) in [5.41, 5.74) is 2.28. The Bertz CT molecular complexity index is 502. The highest BCUT2D eigenvalue weighted by Gasteiger charge is 2.06. The van der Waals surface area contributed by atoms with Gasteiger partial charge in [0.2, 0.25) is 5.95 Å². The maximum absolute atomic E-state index is 11.5. The summed E-state index contributed by atoms with van der Waals surface area (Å²) < 4.78 is 0. The van der Waals surface area contributed by atoms with E-state index in [-0.39, 0.29) is 11.5 Å². The maximum atomic E-state index is 11.5. The van der Waals surface area contributed by atoms with Crippen LogP contribution in [0.15, 0.2) is 22.5 Å². The monoisotopic (exact) mass is 261 g/mol. The maximum Gasteiger partial charge on any atom is 0.252 e. The minimum atomic E-state index is -0.0851. The fourth-order valence-electron chi connectivity index (χ4n) is 2.33. The Labute approximate surface area is 114 Å². The first-order valence-electron chi connectivity index (χ1n) is 7.18. The van der Waals surface area contributed by atoms with Crippen molar-refractivity contribution in [3.8, 4) is 0 Å². The molecule has 4 nitrogen and oxygen atoms in total. The van der Waals surface area contributed by atoms with Crippen molar-refractivity contribution in [3.05, 3.63) is 33.8 Å². The van der Waals surface area contributed by atoms with E-state index in [0.29, 0.717) is 5.95 Å². The topological polar surface area (TPSA) is 57.8 Å². The van der Waals surface area contributed by atoms with Gasteiger partial charge in [-0.3, -0.25) is 9.78 Å². The van der Waals surface area contributed by atoms with Crippen LogP contribution in [0.2, 0.25) is 0 Å². The Morgan fingerprint density at radius 3 is 2.95 bits per heavy atom. The van der Waals surface area contributed by atoms with Crippen molar-refractivity contribution < 1.29 is 0 Å². The molecule has 2 N–H and O–H groups in total. The van der Waals surface area contributed by atoms with Crippen molar-refractivity contribution in [2.45, 2.75) is 51.9 Å². The zero-order valence-corrected chi connectivity index (χ0v) is 11.8. The minimum Gasteiger partial charge on any atom is -0.355 e. The lowest BCUT2D eigenvalue weighted by Gasteiger charge is -2.13. The second-order valence-electron chi connectivity index (χ2n) is 5.46. The van der Waals surface area contributed by atoms with Gasteiger partial charge in [-0.25, -0.2) is 4.98 Å². The van der Waals surface area contributed by atoms with E-state index in [1.165, 1.54) is 31.3 Å². The van der Waals surface area contributed by atoms with Gasteiger partial charge in [0.25, 0.3) is 5.56 Å². The summed E-state index contributed by atoms with van der Waals surface area (Å²) in [5.74, 6) is 0.858. The lowest BCUT2D eigenvalue weighted by atomic mass is 9.97. The third-order valence-electron chi connectivity index (χ3n) is 3.48. The molecule has 4 heteroatoms. The summed E-state index contributed by atoms with van der Waals surface area (Å²) >= 11 is 0. The minimum absolute atomic E-state index is 0.0851. The summed E-state index contributed by atoms with van der Waals surface area (Å²) in [7, 11) is 0. The van der Waals surface area contributed by atoms with E-state index in [0.717, 1.165) is 18.7 Å². The molecule has 0 bridgehead atoms. The molecule has 0 aromatic carbocycles. The third kappa shape index (κ3) is 4.23. The van der Waals surface area contributed by atoms with Crippen LogP contribution < -0.4 is 10.9 Å². The zero-order chi connectivity index (χ0) is 13.7. The first-order chi connectivity index (χ1) is 9.15. The number of anilines is 1. The fraction of sp³-hybridized carbons (Fsp3) is 0.600. The Morgan fingerprint density at radius 1 is 1.42 bits per heavy atom. The molecule has 1 heterocycles. The van der Waals surface area contributed by atoms with Gasteiger partial charge < -0.3 is 5.32 Å². The van der Waals surface area contributed by atoms with Gasteiger partial charge in [-0.05, 0) is 38.0 Å². The van der Waals surface area contributed by atoms with E-state index in [4.69, 9.17) is 0 Å². The van der Waals surface area contributed by atoms with E-state index in [9.17, 15) is 4.79 Å². The van der Waals surface area contributed by atoms with Crippen LogP contribution in [0.1, 0.15) is 57.6 Å². The number of aromatic nitrogens is 2. The van der Waals surface area contributed by atoms with Crippen LogP contribution in [0, 0.1) is 0 Å². The number of nitrogens with one attached hydrogen (secondary N) is 2. The lowest BCUT2D eigenvalue weighted by Crippen LogP contribution is -2.15. The first-order valence-corrected chi connectivity index (χ1v) is 7.18. The lowest BCUT2D eigenvalue weighted by molar-refractivity contribution is 0.678. The highest BCUT2D eigenvalue weighted by atomic mass is 16.1. The van der Waals surface area contributed by atoms with Crippen molar-refractivity contribution in [1.82, 2.24) is 9.97 Å². The predicted octanol–water partition coefficient (Wildman–Crippen LogP) is 3.20. The van der Waals surface area contributed by atoms with Crippen LogP contribution in [0.25, 0.3) is 0 Å². The number of rotatable bonds is 5. The summed E-state index contributed by atoms with van der Waals surface area (Å²) in [4.78, 5) is 18.7. The number of nitrogens with zero attached hydrogens (tertiary/aromatic N) is 1. The van der Waals surface area contributed by atoms with Gasteiger partial charge in [-0.2, -0.15) is 0 Å². The molecule has 0 fully saturated rings. The third-order valence-corrected chi connectivity index (χ3v) is 3.48. The largest absolute Gasteiger partial charge is 0.355 e. The van der Waals surface area contributed by atoms with Crippen LogP contribution in [0.4, 0.5) is 5.95 Å². The molecule has 0 saturated heterocycles. The van der Waals surface area contributed by atoms with E-state index in [1.807, 2.05) is 13.8 Å². The van der Waals surface area contributed by atoms with Crippen LogP contribution in [-0.4, -0.2) is 16.5 Å². The Balaban J connectivity index is 1.92. The molecule has 1 aromatic rings. The number of aromatic amines is 1. The highest BCUT2D eigenvalue weighted by Crippen LogP contribution is 2.19. The van der Waals surface area contributed by atoms with Crippen LogP contribution in [0.3, 0.4) is 0 Å². The number of hydrogen-bond donors (Lipinski definition) is 2. The second-order valence-corrected chi connectivity index (χ2v) is 5.46. The highest BCUT2D eigenvalue weighted by molar-refractivity contribution is 5.26. The molecule has 19 heavy (non-hydrogen) atoms. The van der Waals surface area contributed by atoms with Crippen LogP contribution in [-0.2, 0) is 0 Å². The van der Waals surface area contributed by atoms with E-state index in [2.05, 4.69) is 21.4 Å². The molecule has 0 aliphatic heterocycles. The van der Waals surface area contributed by atoms with E-state index >= 15 is 0 Å². The molecule has 104 valence electrons. The number of hydrogen-bond acceptors (Lipinski definition) is 3.